The maximum absolute atomic E-state index is 11.3. The number of anilines is 2. The van der Waals surface area contributed by atoms with Gasteiger partial charge in [0.05, 0.1) is 13.2 Å². The first-order valence-corrected chi connectivity index (χ1v) is 7.88. The number of ether oxygens (including phenoxy) is 2. The van der Waals surface area contributed by atoms with Crippen LogP contribution in [0.15, 0.2) is 42.5 Å². The highest BCUT2D eigenvalue weighted by atomic mass is 16.5. The van der Waals surface area contributed by atoms with Crippen molar-refractivity contribution in [2.45, 2.75) is 0 Å². The first-order valence-electron chi connectivity index (χ1n) is 7.88. The second kappa shape index (κ2) is 9.05. The normalized spacial score (nSPS) is 10.6. The molecule has 2 N–H and O–H groups in total. The summed E-state index contributed by atoms with van der Waals surface area (Å²) >= 11 is 0. The number of methoxy groups -OCH3 is 2. The zero-order chi connectivity index (χ0) is 17.4. The minimum atomic E-state index is 0.619. The van der Waals surface area contributed by atoms with Gasteiger partial charge in [0, 0.05) is 49.8 Å². The lowest BCUT2D eigenvalue weighted by Gasteiger charge is -2.25. The number of hydrogen-bond acceptors (Lipinski definition) is 5. The molecule has 0 aliphatic heterocycles. The molecule has 5 heteroatoms. The number of benzene rings is 2. The van der Waals surface area contributed by atoms with Gasteiger partial charge in [-0.3, -0.25) is 4.79 Å². The van der Waals surface area contributed by atoms with Crippen LogP contribution in [0.25, 0.3) is 11.1 Å². The number of carbonyl (C=O) groups is 1. The summed E-state index contributed by atoms with van der Waals surface area (Å²) in [5.74, 6) is 0. The predicted molar refractivity (Wildman–Crippen MR) is 97.6 cm³/mol. The molecule has 128 valence electrons. The lowest BCUT2D eigenvalue weighted by molar-refractivity contribution is 0.112. The fourth-order valence-electron chi connectivity index (χ4n) is 2.59. The fraction of sp³-hybridized carbons (Fsp3) is 0.316. The van der Waals surface area contributed by atoms with Crippen molar-refractivity contribution in [2.75, 3.05) is 51.2 Å². The topological polar surface area (TPSA) is 64.8 Å². The van der Waals surface area contributed by atoms with Crippen molar-refractivity contribution in [2.24, 2.45) is 0 Å². The summed E-state index contributed by atoms with van der Waals surface area (Å²) in [4.78, 5) is 13.5. The highest BCUT2D eigenvalue weighted by molar-refractivity contribution is 5.92. The molecule has 2 aromatic carbocycles. The molecule has 2 aromatic rings. The van der Waals surface area contributed by atoms with Crippen molar-refractivity contribution in [3.05, 3.63) is 48.0 Å². The molecule has 0 saturated heterocycles. The van der Waals surface area contributed by atoms with Crippen LogP contribution in [0.3, 0.4) is 0 Å². The van der Waals surface area contributed by atoms with Gasteiger partial charge >= 0.3 is 0 Å². The largest absolute Gasteiger partial charge is 0.398 e. The maximum atomic E-state index is 11.3. The number of nitrogens with zero attached hydrogens (tertiary/aromatic N) is 1. The highest BCUT2D eigenvalue weighted by Crippen LogP contribution is 2.32. The lowest BCUT2D eigenvalue weighted by Crippen LogP contribution is -2.30. The van der Waals surface area contributed by atoms with Crippen molar-refractivity contribution >= 4 is 17.7 Å². The van der Waals surface area contributed by atoms with E-state index in [2.05, 4.69) is 4.90 Å². The van der Waals surface area contributed by atoms with Crippen LogP contribution in [0.5, 0.6) is 0 Å². The maximum Gasteiger partial charge on any atom is 0.150 e. The Labute approximate surface area is 143 Å². The van der Waals surface area contributed by atoms with Crippen LogP contribution in [0.4, 0.5) is 11.4 Å². The van der Waals surface area contributed by atoms with Gasteiger partial charge in [-0.05, 0) is 23.8 Å². The summed E-state index contributed by atoms with van der Waals surface area (Å²) in [6.45, 7) is 2.74. The average molecular weight is 328 g/mol. The van der Waals surface area contributed by atoms with E-state index < -0.39 is 0 Å². The van der Waals surface area contributed by atoms with E-state index in [-0.39, 0.29) is 0 Å². The Kier molecular flexibility index (Phi) is 6.78. The summed E-state index contributed by atoms with van der Waals surface area (Å²) < 4.78 is 10.4. The van der Waals surface area contributed by atoms with Crippen LogP contribution in [0.1, 0.15) is 10.4 Å². The predicted octanol–water partition coefficient (Wildman–Crippen LogP) is 2.85. The van der Waals surface area contributed by atoms with Crippen LogP contribution >= 0.6 is 0 Å². The smallest absolute Gasteiger partial charge is 0.150 e. The molecule has 0 atom stereocenters. The van der Waals surface area contributed by atoms with E-state index in [4.69, 9.17) is 15.2 Å². The van der Waals surface area contributed by atoms with Crippen LogP contribution in [0, 0.1) is 0 Å². The van der Waals surface area contributed by atoms with Crippen LogP contribution < -0.4 is 10.6 Å². The standard InChI is InChI=1S/C19H24N2O3/c1-23-11-9-21(10-12-24-2)16-7-8-19(20)18(13-16)17-6-4-3-5-15(17)14-22/h3-8,13-14H,9-12,20H2,1-2H3. The minimum absolute atomic E-state index is 0.619. The van der Waals surface area contributed by atoms with E-state index >= 15 is 0 Å². The van der Waals surface area contributed by atoms with Gasteiger partial charge in [-0.1, -0.05) is 24.3 Å². The quantitative estimate of drug-likeness (QED) is 0.566. The van der Waals surface area contributed by atoms with Gasteiger partial charge in [0.25, 0.3) is 0 Å². The number of carbonyl (C=O) groups excluding carboxylic acids is 1. The van der Waals surface area contributed by atoms with E-state index in [0.717, 1.165) is 36.2 Å². The van der Waals surface area contributed by atoms with E-state index in [9.17, 15) is 4.79 Å². The van der Waals surface area contributed by atoms with Crippen LogP contribution in [-0.4, -0.2) is 46.8 Å². The second-order valence-corrected chi connectivity index (χ2v) is 5.45. The van der Waals surface area contributed by atoms with Crippen molar-refractivity contribution in [1.82, 2.24) is 0 Å². The Morgan fingerprint density at radius 1 is 1.00 bits per heavy atom. The summed E-state index contributed by atoms with van der Waals surface area (Å²) in [6.07, 6.45) is 0.856. The molecule has 0 amide bonds. The molecular weight excluding hydrogens is 304 g/mol. The summed E-state index contributed by atoms with van der Waals surface area (Å²) in [7, 11) is 3.37. The van der Waals surface area contributed by atoms with Crippen LogP contribution in [-0.2, 0) is 9.47 Å². The fourth-order valence-corrected chi connectivity index (χ4v) is 2.59. The summed E-state index contributed by atoms with van der Waals surface area (Å²) in [5.41, 5.74) is 10.2. The summed E-state index contributed by atoms with van der Waals surface area (Å²) in [6, 6.07) is 13.3. The Morgan fingerprint density at radius 3 is 2.29 bits per heavy atom. The Balaban J connectivity index is 2.40. The van der Waals surface area contributed by atoms with Gasteiger partial charge in [-0.2, -0.15) is 0 Å². The summed E-state index contributed by atoms with van der Waals surface area (Å²) in [5, 5.41) is 0. The molecule has 0 heterocycles. The Morgan fingerprint density at radius 2 is 1.67 bits per heavy atom. The second-order valence-electron chi connectivity index (χ2n) is 5.45. The zero-order valence-electron chi connectivity index (χ0n) is 14.2. The monoisotopic (exact) mass is 328 g/mol. The third-order valence-corrected chi connectivity index (χ3v) is 3.91. The molecule has 2 rings (SSSR count). The lowest BCUT2D eigenvalue weighted by atomic mass is 9.98. The van der Waals surface area contributed by atoms with E-state index in [0.29, 0.717) is 24.5 Å². The number of rotatable bonds is 9. The molecule has 0 spiro atoms. The first-order chi connectivity index (χ1) is 11.7. The molecule has 0 aliphatic carbocycles. The molecule has 0 radical (unpaired) electrons. The number of nitrogen functional groups attached to an aromatic ring is 1. The molecule has 0 unspecified atom stereocenters. The van der Waals surface area contributed by atoms with Gasteiger partial charge in [-0.15, -0.1) is 0 Å². The molecule has 0 aliphatic rings. The van der Waals surface area contributed by atoms with Crippen molar-refractivity contribution < 1.29 is 14.3 Å². The van der Waals surface area contributed by atoms with E-state index in [1.54, 1.807) is 20.3 Å². The Hall–Kier alpha value is -2.37. The third kappa shape index (κ3) is 4.34. The van der Waals surface area contributed by atoms with Crippen molar-refractivity contribution in [3.8, 4) is 11.1 Å². The molecule has 5 nitrogen and oxygen atoms in total. The van der Waals surface area contributed by atoms with Crippen molar-refractivity contribution in [3.63, 3.8) is 0 Å². The van der Waals surface area contributed by atoms with E-state index in [1.165, 1.54) is 0 Å². The number of aldehydes is 1. The molecule has 0 bridgehead atoms. The first kappa shape index (κ1) is 18.0. The molecule has 24 heavy (non-hydrogen) atoms. The van der Waals surface area contributed by atoms with Gasteiger partial charge in [0.2, 0.25) is 0 Å². The highest BCUT2D eigenvalue weighted by Gasteiger charge is 2.12. The Bertz CT molecular complexity index is 665. The van der Waals surface area contributed by atoms with Crippen molar-refractivity contribution in [1.29, 1.82) is 0 Å². The molecule has 0 aromatic heterocycles. The molecule has 0 fully saturated rings. The van der Waals surface area contributed by atoms with Crippen LogP contribution in [0.2, 0.25) is 0 Å². The number of hydrogen-bond donors (Lipinski definition) is 1. The minimum Gasteiger partial charge on any atom is -0.398 e. The SMILES string of the molecule is COCCN(CCOC)c1ccc(N)c(-c2ccccc2C=O)c1. The van der Waals surface area contributed by atoms with Gasteiger partial charge < -0.3 is 20.1 Å². The third-order valence-electron chi connectivity index (χ3n) is 3.91. The van der Waals surface area contributed by atoms with E-state index in [1.807, 2.05) is 36.4 Å². The van der Waals surface area contributed by atoms with Gasteiger partial charge in [0.15, 0.2) is 6.29 Å². The average Bonchev–Trinajstić information content (AvgIpc) is 2.62. The zero-order valence-corrected chi connectivity index (χ0v) is 14.2. The molecule has 0 saturated carbocycles. The number of nitrogens with two attached hydrogens (primary N) is 1. The molecular formula is C19H24N2O3. The van der Waals surface area contributed by atoms with Gasteiger partial charge in [0.1, 0.15) is 0 Å². The van der Waals surface area contributed by atoms with Gasteiger partial charge in [-0.25, -0.2) is 0 Å².